The summed E-state index contributed by atoms with van der Waals surface area (Å²) in [5.41, 5.74) is 2.13. The molecule has 1 aliphatic rings. The second-order valence-corrected chi connectivity index (χ2v) is 8.53. The van der Waals surface area contributed by atoms with Crippen LogP contribution in [0.25, 0.3) is 4.85 Å². The van der Waals surface area contributed by atoms with E-state index >= 15 is 0 Å². The van der Waals surface area contributed by atoms with Gasteiger partial charge in [0.25, 0.3) is 0 Å². The first-order valence-electron chi connectivity index (χ1n) is 8.44. The average molecular weight is 368 g/mol. The van der Waals surface area contributed by atoms with Crippen molar-refractivity contribution in [2.24, 2.45) is 0 Å². The van der Waals surface area contributed by atoms with E-state index in [1.54, 1.807) is 31.2 Å². The Hall–Kier alpha value is -2.65. The second-order valence-electron chi connectivity index (χ2n) is 6.81. The lowest BCUT2D eigenvalue weighted by Crippen LogP contribution is -2.46. The molecule has 3 rings (SSSR count). The Morgan fingerprint density at radius 1 is 1.19 bits per heavy atom. The van der Waals surface area contributed by atoms with Crippen LogP contribution in [0, 0.1) is 6.57 Å². The van der Waals surface area contributed by atoms with Crippen molar-refractivity contribution in [1.82, 2.24) is 4.72 Å². The molecule has 1 atom stereocenters. The third kappa shape index (κ3) is 3.63. The van der Waals surface area contributed by atoms with Crippen LogP contribution in [-0.2, 0) is 32.4 Å². The molecular formula is C20H20N2O3S. The van der Waals surface area contributed by atoms with E-state index in [0.717, 1.165) is 24.0 Å². The molecule has 0 bridgehead atoms. The SMILES string of the molecule is [C-]#[N+]c1ccc(CS(=O)(=O)NC(=O)C2(C)CCCc3ccccc32)cc1. The number of nitrogens with zero attached hydrogens (tertiary/aromatic N) is 1. The van der Waals surface area contributed by atoms with E-state index in [4.69, 9.17) is 6.57 Å². The minimum atomic E-state index is -3.82. The lowest BCUT2D eigenvalue weighted by molar-refractivity contribution is -0.124. The molecule has 0 radical (unpaired) electrons. The maximum absolute atomic E-state index is 12.9. The third-order valence-electron chi connectivity index (χ3n) is 4.91. The number of hydrogen-bond donors (Lipinski definition) is 1. The number of sulfonamides is 1. The first kappa shape index (κ1) is 18.2. The van der Waals surface area contributed by atoms with Gasteiger partial charge in [0, 0.05) is 0 Å². The van der Waals surface area contributed by atoms with Crippen molar-refractivity contribution in [3.05, 3.63) is 76.6 Å². The summed E-state index contributed by atoms with van der Waals surface area (Å²) in [4.78, 5) is 16.1. The first-order chi connectivity index (χ1) is 12.3. The Labute approximate surface area is 153 Å². The van der Waals surface area contributed by atoms with Crippen LogP contribution in [0.4, 0.5) is 5.69 Å². The number of fused-ring (bicyclic) bond motifs is 1. The molecule has 0 saturated carbocycles. The van der Waals surface area contributed by atoms with Crippen molar-refractivity contribution in [2.45, 2.75) is 37.4 Å². The Bertz CT molecular complexity index is 975. The maximum Gasteiger partial charge on any atom is 0.243 e. The molecular weight excluding hydrogens is 348 g/mol. The van der Waals surface area contributed by atoms with Gasteiger partial charge in [0.2, 0.25) is 15.9 Å². The van der Waals surface area contributed by atoms with Gasteiger partial charge >= 0.3 is 0 Å². The van der Waals surface area contributed by atoms with Gasteiger partial charge in [-0.1, -0.05) is 48.5 Å². The van der Waals surface area contributed by atoms with E-state index in [-0.39, 0.29) is 5.75 Å². The molecule has 0 heterocycles. The van der Waals surface area contributed by atoms with Crippen molar-refractivity contribution < 1.29 is 13.2 Å². The first-order valence-corrected chi connectivity index (χ1v) is 10.1. The number of benzene rings is 2. The number of carbonyl (C=O) groups excluding carboxylic acids is 1. The lowest BCUT2D eigenvalue weighted by Gasteiger charge is -2.34. The standard InChI is InChI=1S/C20H20N2O3S/c1-20(13-5-7-16-6-3-4-8-18(16)20)19(23)22-26(24,25)14-15-9-11-17(21-2)12-10-15/h3-4,6,8-12H,5,7,13-14H2,1H3,(H,22,23). The van der Waals surface area contributed by atoms with Crippen LogP contribution in [0.2, 0.25) is 0 Å². The van der Waals surface area contributed by atoms with E-state index in [9.17, 15) is 13.2 Å². The van der Waals surface area contributed by atoms with Gasteiger partial charge < -0.3 is 0 Å². The van der Waals surface area contributed by atoms with Crippen LogP contribution < -0.4 is 4.72 Å². The van der Waals surface area contributed by atoms with Gasteiger partial charge in [-0.2, -0.15) is 0 Å². The summed E-state index contributed by atoms with van der Waals surface area (Å²) in [6.07, 6.45) is 2.36. The van der Waals surface area contributed by atoms with Crippen LogP contribution in [0.5, 0.6) is 0 Å². The molecule has 26 heavy (non-hydrogen) atoms. The molecule has 134 valence electrons. The number of rotatable bonds is 4. The van der Waals surface area contributed by atoms with Crippen molar-refractivity contribution >= 4 is 21.6 Å². The molecule has 0 aliphatic heterocycles. The molecule has 6 heteroatoms. The minimum Gasteiger partial charge on any atom is -0.273 e. The molecule has 1 aliphatic carbocycles. The minimum absolute atomic E-state index is 0.297. The summed E-state index contributed by atoms with van der Waals surface area (Å²) in [6, 6.07) is 14.0. The summed E-state index contributed by atoms with van der Waals surface area (Å²) >= 11 is 0. The fourth-order valence-electron chi connectivity index (χ4n) is 3.46. The normalized spacial score (nSPS) is 19.2. The van der Waals surface area contributed by atoms with Gasteiger partial charge in [0.1, 0.15) is 0 Å². The fourth-order valence-corrected chi connectivity index (χ4v) is 4.67. The Balaban J connectivity index is 1.79. The molecule has 1 N–H and O–H groups in total. The molecule has 1 amide bonds. The number of aryl methyl sites for hydroxylation is 1. The summed E-state index contributed by atoms with van der Waals surface area (Å²) < 4.78 is 27.2. The summed E-state index contributed by atoms with van der Waals surface area (Å²) in [6.45, 7) is 8.74. The molecule has 1 unspecified atom stereocenters. The van der Waals surface area contributed by atoms with Gasteiger partial charge in [0.15, 0.2) is 5.69 Å². The van der Waals surface area contributed by atoms with Crippen molar-refractivity contribution in [3.8, 4) is 0 Å². The highest BCUT2D eigenvalue weighted by Crippen LogP contribution is 2.37. The van der Waals surface area contributed by atoms with Crippen LogP contribution in [0.1, 0.15) is 36.5 Å². The van der Waals surface area contributed by atoms with Crippen molar-refractivity contribution in [3.63, 3.8) is 0 Å². The number of amides is 1. The molecule has 5 nitrogen and oxygen atoms in total. The predicted octanol–water partition coefficient (Wildman–Crippen LogP) is 3.48. The maximum atomic E-state index is 12.9. The highest BCUT2D eigenvalue weighted by atomic mass is 32.2. The van der Waals surface area contributed by atoms with Gasteiger partial charge in [-0.15, -0.1) is 0 Å². The Morgan fingerprint density at radius 3 is 2.58 bits per heavy atom. The quantitative estimate of drug-likeness (QED) is 0.840. The lowest BCUT2D eigenvalue weighted by atomic mass is 9.71. The van der Waals surface area contributed by atoms with Gasteiger partial charge in [-0.25, -0.2) is 13.3 Å². The molecule has 2 aromatic carbocycles. The zero-order chi connectivity index (χ0) is 18.8. The molecule has 0 saturated heterocycles. The van der Waals surface area contributed by atoms with E-state index in [1.165, 1.54) is 0 Å². The average Bonchev–Trinajstić information content (AvgIpc) is 2.62. The van der Waals surface area contributed by atoms with Gasteiger partial charge in [-0.05, 0) is 42.9 Å². The highest BCUT2D eigenvalue weighted by Gasteiger charge is 2.40. The van der Waals surface area contributed by atoms with Gasteiger partial charge in [-0.3, -0.25) is 9.52 Å². The van der Waals surface area contributed by atoms with E-state index < -0.39 is 21.3 Å². The highest BCUT2D eigenvalue weighted by molar-refractivity contribution is 7.89. The van der Waals surface area contributed by atoms with Crippen molar-refractivity contribution in [2.75, 3.05) is 0 Å². The molecule has 0 aromatic heterocycles. The summed E-state index contributed by atoms with van der Waals surface area (Å²) in [7, 11) is -3.82. The number of hydrogen-bond acceptors (Lipinski definition) is 3. The monoisotopic (exact) mass is 368 g/mol. The number of carbonyl (C=O) groups is 1. The molecule has 2 aromatic rings. The van der Waals surface area contributed by atoms with E-state index in [1.807, 2.05) is 24.3 Å². The Kier molecular flexibility index (Phi) is 4.84. The summed E-state index contributed by atoms with van der Waals surface area (Å²) in [5.74, 6) is -0.781. The van der Waals surface area contributed by atoms with Crippen LogP contribution in [0.15, 0.2) is 48.5 Å². The third-order valence-corrected chi connectivity index (χ3v) is 6.12. The van der Waals surface area contributed by atoms with Crippen LogP contribution >= 0.6 is 0 Å². The number of nitrogens with one attached hydrogen (secondary N) is 1. The van der Waals surface area contributed by atoms with Gasteiger partial charge in [0.05, 0.1) is 17.7 Å². The zero-order valence-electron chi connectivity index (χ0n) is 14.5. The van der Waals surface area contributed by atoms with E-state index in [0.29, 0.717) is 17.7 Å². The summed E-state index contributed by atoms with van der Waals surface area (Å²) in [5, 5.41) is 0. The smallest absolute Gasteiger partial charge is 0.243 e. The molecule has 0 fully saturated rings. The fraction of sp³-hybridized carbons (Fsp3) is 0.300. The topological polar surface area (TPSA) is 67.6 Å². The predicted molar refractivity (Wildman–Crippen MR) is 100 cm³/mol. The molecule has 0 spiro atoms. The largest absolute Gasteiger partial charge is 0.273 e. The van der Waals surface area contributed by atoms with Crippen molar-refractivity contribution in [1.29, 1.82) is 0 Å². The van der Waals surface area contributed by atoms with Crippen LogP contribution in [0.3, 0.4) is 0 Å². The zero-order valence-corrected chi connectivity index (χ0v) is 15.3. The van der Waals surface area contributed by atoms with E-state index in [2.05, 4.69) is 9.57 Å². The Morgan fingerprint density at radius 2 is 1.88 bits per heavy atom. The van der Waals surface area contributed by atoms with Crippen LogP contribution in [-0.4, -0.2) is 14.3 Å². The second kappa shape index (κ2) is 6.93.